The van der Waals surface area contributed by atoms with Crippen LogP contribution in [0.1, 0.15) is 29.2 Å². The standard InChI is InChI=1S/C17H19BrN4O2/c1-11-20-15(17(23)19-10-14-3-2-8-24-14)9-16(21-11)22-13-6-4-12(18)5-7-13/h4-7,9,14H,2-3,8,10H2,1H3,(H,19,23)(H,20,21,22). The summed E-state index contributed by atoms with van der Waals surface area (Å²) in [4.78, 5) is 20.9. The van der Waals surface area contributed by atoms with Gasteiger partial charge in [0.05, 0.1) is 6.10 Å². The summed E-state index contributed by atoms with van der Waals surface area (Å²) in [5.41, 5.74) is 1.24. The van der Waals surface area contributed by atoms with Crippen molar-refractivity contribution in [1.29, 1.82) is 0 Å². The van der Waals surface area contributed by atoms with Crippen molar-refractivity contribution in [2.75, 3.05) is 18.5 Å². The third-order valence-electron chi connectivity index (χ3n) is 3.70. The van der Waals surface area contributed by atoms with Gasteiger partial charge in [0.2, 0.25) is 0 Å². The first kappa shape index (κ1) is 16.9. The number of nitrogens with zero attached hydrogens (tertiary/aromatic N) is 2. The Morgan fingerprint density at radius 3 is 2.83 bits per heavy atom. The molecule has 0 saturated carbocycles. The molecule has 1 fully saturated rings. The van der Waals surface area contributed by atoms with Gasteiger partial charge in [-0.3, -0.25) is 4.79 Å². The highest BCUT2D eigenvalue weighted by molar-refractivity contribution is 9.10. The van der Waals surface area contributed by atoms with Crippen molar-refractivity contribution in [3.63, 3.8) is 0 Å². The maximum atomic E-state index is 12.3. The van der Waals surface area contributed by atoms with Gasteiger partial charge in [-0.2, -0.15) is 0 Å². The third kappa shape index (κ3) is 4.52. The number of hydrogen-bond donors (Lipinski definition) is 2. The quantitative estimate of drug-likeness (QED) is 0.819. The molecule has 6 nitrogen and oxygen atoms in total. The van der Waals surface area contributed by atoms with Crippen LogP contribution >= 0.6 is 15.9 Å². The van der Waals surface area contributed by atoms with E-state index in [9.17, 15) is 4.79 Å². The van der Waals surface area contributed by atoms with Crippen LogP contribution in [0.2, 0.25) is 0 Å². The Labute approximate surface area is 149 Å². The fourth-order valence-electron chi connectivity index (χ4n) is 2.53. The smallest absolute Gasteiger partial charge is 0.270 e. The van der Waals surface area contributed by atoms with E-state index in [-0.39, 0.29) is 12.0 Å². The molecule has 1 unspecified atom stereocenters. The SMILES string of the molecule is Cc1nc(Nc2ccc(Br)cc2)cc(C(=O)NCC2CCCO2)n1. The largest absolute Gasteiger partial charge is 0.376 e. The highest BCUT2D eigenvalue weighted by atomic mass is 79.9. The molecule has 1 aliphatic rings. The second-order valence-electron chi connectivity index (χ2n) is 5.66. The van der Waals surface area contributed by atoms with Crippen LogP contribution in [-0.4, -0.2) is 35.1 Å². The molecule has 0 aliphatic carbocycles. The molecule has 1 aromatic heterocycles. The number of nitrogens with one attached hydrogen (secondary N) is 2. The molecule has 1 aliphatic heterocycles. The van der Waals surface area contributed by atoms with Crippen LogP contribution in [0.3, 0.4) is 0 Å². The lowest BCUT2D eigenvalue weighted by atomic mass is 10.2. The molecule has 2 aromatic rings. The number of anilines is 2. The van der Waals surface area contributed by atoms with Gasteiger partial charge in [-0.05, 0) is 44.0 Å². The summed E-state index contributed by atoms with van der Waals surface area (Å²) in [6.07, 6.45) is 2.14. The van der Waals surface area contributed by atoms with E-state index >= 15 is 0 Å². The Hall–Kier alpha value is -1.99. The Morgan fingerprint density at radius 2 is 2.12 bits per heavy atom. The maximum Gasteiger partial charge on any atom is 0.270 e. The molecule has 0 radical (unpaired) electrons. The van der Waals surface area contributed by atoms with Crippen LogP contribution in [0.4, 0.5) is 11.5 Å². The second-order valence-corrected chi connectivity index (χ2v) is 6.58. The van der Waals surface area contributed by atoms with E-state index in [0.717, 1.165) is 29.6 Å². The minimum atomic E-state index is -0.213. The summed E-state index contributed by atoms with van der Waals surface area (Å²) in [7, 11) is 0. The second kappa shape index (κ2) is 7.72. The van der Waals surface area contributed by atoms with Crippen molar-refractivity contribution in [2.45, 2.75) is 25.9 Å². The average Bonchev–Trinajstić information content (AvgIpc) is 3.08. The van der Waals surface area contributed by atoms with Crippen molar-refractivity contribution in [2.24, 2.45) is 0 Å². The fraction of sp³-hybridized carbons (Fsp3) is 0.353. The predicted octanol–water partition coefficient (Wildman–Crippen LogP) is 3.20. The molecule has 1 amide bonds. The van der Waals surface area contributed by atoms with Crippen LogP contribution in [0.25, 0.3) is 0 Å². The highest BCUT2D eigenvalue weighted by Gasteiger charge is 2.17. The van der Waals surface area contributed by atoms with Crippen molar-refractivity contribution in [3.05, 3.63) is 46.3 Å². The fourth-order valence-corrected chi connectivity index (χ4v) is 2.80. The number of rotatable bonds is 5. The summed E-state index contributed by atoms with van der Waals surface area (Å²) in [5.74, 6) is 0.918. The number of aromatic nitrogens is 2. The topological polar surface area (TPSA) is 76.1 Å². The number of halogens is 1. The molecular formula is C17H19BrN4O2. The lowest BCUT2D eigenvalue weighted by Crippen LogP contribution is -2.32. The molecule has 3 rings (SSSR count). The molecule has 0 spiro atoms. The number of amides is 1. The first-order chi connectivity index (χ1) is 11.6. The molecule has 1 atom stereocenters. The van der Waals surface area contributed by atoms with Gasteiger partial charge in [-0.1, -0.05) is 15.9 Å². The van der Waals surface area contributed by atoms with E-state index in [2.05, 4.69) is 36.5 Å². The van der Waals surface area contributed by atoms with Crippen LogP contribution in [0.15, 0.2) is 34.8 Å². The molecule has 7 heteroatoms. The van der Waals surface area contributed by atoms with Gasteiger partial charge in [-0.15, -0.1) is 0 Å². The van der Waals surface area contributed by atoms with Gasteiger partial charge in [-0.25, -0.2) is 9.97 Å². The zero-order chi connectivity index (χ0) is 16.9. The van der Waals surface area contributed by atoms with Gasteiger partial charge < -0.3 is 15.4 Å². The number of carbonyl (C=O) groups excluding carboxylic acids is 1. The van der Waals surface area contributed by atoms with Crippen LogP contribution in [0, 0.1) is 6.92 Å². The summed E-state index contributed by atoms with van der Waals surface area (Å²) >= 11 is 3.40. The van der Waals surface area contributed by atoms with E-state index in [1.807, 2.05) is 24.3 Å². The van der Waals surface area contributed by atoms with Gasteiger partial charge in [0.25, 0.3) is 5.91 Å². The Bertz CT molecular complexity index is 715. The van der Waals surface area contributed by atoms with E-state index < -0.39 is 0 Å². The van der Waals surface area contributed by atoms with Crippen molar-refractivity contribution in [3.8, 4) is 0 Å². The molecule has 0 bridgehead atoms. The monoisotopic (exact) mass is 390 g/mol. The normalized spacial score (nSPS) is 16.8. The summed E-state index contributed by atoms with van der Waals surface area (Å²) in [5, 5.41) is 6.07. The lowest BCUT2D eigenvalue weighted by molar-refractivity contribution is 0.0853. The summed E-state index contributed by atoms with van der Waals surface area (Å²) < 4.78 is 6.51. The molecule has 2 N–H and O–H groups in total. The van der Waals surface area contributed by atoms with E-state index in [0.29, 0.717) is 23.9 Å². The lowest BCUT2D eigenvalue weighted by Gasteiger charge is -2.12. The number of hydrogen-bond acceptors (Lipinski definition) is 5. The number of benzene rings is 1. The highest BCUT2D eigenvalue weighted by Crippen LogP contribution is 2.18. The average molecular weight is 391 g/mol. The van der Waals surface area contributed by atoms with Gasteiger partial charge in [0, 0.05) is 29.4 Å². The van der Waals surface area contributed by atoms with Gasteiger partial charge in [0.15, 0.2) is 0 Å². The van der Waals surface area contributed by atoms with Crippen molar-refractivity contribution < 1.29 is 9.53 Å². The zero-order valence-electron chi connectivity index (χ0n) is 13.4. The van der Waals surface area contributed by atoms with E-state index in [4.69, 9.17) is 4.74 Å². The molecule has 24 heavy (non-hydrogen) atoms. The number of ether oxygens (including phenoxy) is 1. The molecule has 126 valence electrons. The number of aryl methyl sites for hydroxylation is 1. The van der Waals surface area contributed by atoms with Crippen LogP contribution in [-0.2, 0) is 4.74 Å². The summed E-state index contributed by atoms with van der Waals surface area (Å²) in [6, 6.07) is 9.38. The molecule has 1 saturated heterocycles. The van der Waals surface area contributed by atoms with E-state index in [1.54, 1.807) is 13.0 Å². The molecule has 2 heterocycles. The van der Waals surface area contributed by atoms with Crippen LogP contribution < -0.4 is 10.6 Å². The molecule has 1 aromatic carbocycles. The predicted molar refractivity (Wildman–Crippen MR) is 95.5 cm³/mol. The number of carbonyl (C=O) groups is 1. The van der Waals surface area contributed by atoms with Gasteiger partial charge in [0.1, 0.15) is 17.3 Å². The Kier molecular flexibility index (Phi) is 5.42. The van der Waals surface area contributed by atoms with Gasteiger partial charge >= 0.3 is 0 Å². The van der Waals surface area contributed by atoms with E-state index in [1.165, 1.54) is 0 Å². The van der Waals surface area contributed by atoms with Crippen molar-refractivity contribution >= 4 is 33.3 Å². The van der Waals surface area contributed by atoms with Crippen LogP contribution in [0.5, 0.6) is 0 Å². The third-order valence-corrected chi connectivity index (χ3v) is 4.23. The first-order valence-corrected chi connectivity index (χ1v) is 8.67. The minimum absolute atomic E-state index is 0.109. The first-order valence-electron chi connectivity index (χ1n) is 7.88. The summed E-state index contributed by atoms with van der Waals surface area (Å²) in [6.45, 7) is 3.05. The van der Waals surface area contributed by atoms with Crippen molar-refractivity contribution in [1.82, 2.24) is 15.3 Å². The Morgan fingerprint density at radius 1 is 1.33 bits per heavy atom. The zero-order valence-corrected chi connectivity index (χ0v) is 15.0. The molecular weight excluding hydrogens is 372 g/mol. The maximum absolute atomic E-state index is 12.3. The minimum Gasteiger partial charge on any atom is -0.376 e. The Balaban J connectivity index is 1.68.